The van der Waals surface area contributed by atoms with E-state index >= 15 is 0 Å². The van der Waals surface area contributed by atoms with Crippen molar-refractivity contribution in [2.75, 3.05) is 25.5 Å². The molecule has 1 saturated heterocycles. The number of aromatic amines is 1. The van der Waals surface area contributed by atoms with Crippen LogP contribution in [0.3, 0.4) is 0 Å². The van der Waals surface area contributed by atoms with Crippen molar-refractivity contribution in [1.29, 1.82) is 0 Å². The van der Waals surface area contributed by atoms with Gasteiger partial charge in [0.15, 0.2) is 0 Å². The number of fused-ring (bicyclic) bond motifs is 1. The second-order valence-corrected chi connectivity index (χ2v) is 5.37. The van der Waals surface area contributed by atoms with Gasteiger partial charge in [-0.15, -0.1) is 0 Å². The molecule has 0 radical (unpaired) electrons. The first kappa shape index (κ1) is 12.4. The first-order valence-corrected chi connectivity index (χ1v) is 6.55. The lowest BCUT2D eigenvalue weighted by Gasteiger charge is -2.33. The number of likely N-dealkylation sites (tertiary alicyclic amines) is 1. The third-order valence-electron chi connectivity index (χ3n) is 3.62. The van der Waals surface area contributed by atoms with E-state index in [1.165, 1.54) is 0 Å². The largest absolute Gasteiger partial charge is 0.392 e. The minimum absolute atomic E-state index is 0.209. The van der Waals surface area contributed by atoms with Gasteiger partial charge < -0.3 is 20.3 Å². The number of nitrogens with zero attached hydrogens (tertiary/aromatic N) is 3. The van der Waals surface area contributed by atoms with E-state index in [9.17, 15) is 5.11 Å². The van der Waals surface area contributed by atoms with Crippen molar-refractivity contribution < 1.29 is 5.11 Å². The molecule has 0 aromatic carbocycles. The summed E-state index contributed by atoms with van der Waals surface area (Å²) >= 11 is 0. The number of aromatic nitrogens is 3. The van der Waals surface area contributed by atoms with E-state index in [0.29, 0.717) is 0 Å². The number of H-pyrrole nitrogens is 1. The molecular weight excluding hydrogens is 242 g/mol. The predicted molar refractivity (Wildman–Crippen MR) is 74.2 cm³/mol. The van der Waals surface area contributed by atoms with Crippen LogP contribution in [0.5, 0.6) is 0 Å². The second kappa shape index (κ2) is 4.79. The third kappa shape index (κ3) is 2.41. The van der Waals surface area contributed by atoms with Crippen LogP contribution in [0.1, 0.15) is 12.0 Å². The Morgan fingerprint density at radius 2 is 2.26 bits per heavy atom. The summed E-state index contributed by atoms with van der Waals surface area (Å²) < 4.78 is 0. The van der Waals surface area contributed by atoms with Crippen LogP contribution < -0.4 is 5.32 Å². The molecule has 2 aromatic heterocycles. The fraction of sp³-hybridized carbons (Fsp3) is 0.538. The van der Waals surface area contributed by atoms with E-state index in [1.54, 1.807) is 6.33 Å². The molecule has 1 fully saturated rings. The van der Waals surface area contributed by atoms with Crippen LogP contribution in [0.4, 0.5) is 5.82 Å². The third-order valence-corrected chi connectivity index (χ3v) is 3.62. The summed E-state index contributed by atoms with van der Waals surface area (Å²) in [6.45, 7) is 3.68. The maximum Gasteiger partial charge on any atom is 0.143 e. The topological polar surface area (TPSA) is 77.1 Å². The smallest absolute Gasteiger partial charge is 0.143 e. The first-order chi connectivity index (χ1) is 9.13. The molecule has 19 heavy (non-hydrogen) atoms. The normalized spacial score (nSPS) is 24.8. The number of β-amino-alcohol motifs (C(OH)–C–C–N with tert-alkyl or cyclic N) is 1. The zero-order chi connectivity index (χ0) is 13.4. The molecule has 1 aliphatic rings. The number of aliphatic hydroxyl groups excluding tert-OH is 1. The summed E-state index contributed by atoms with van der Waals surface area (Å²) in [7, 11) is 2.02. The number of piperidine rings is 1. The van der Waals surface area contributed by atoms with Crippen LogP contribution in [-0.2, 0) is 0 Å². The quantitative estimate of drug-likeness (QED) is 0.743. The van der Waals surface area contributed by atoms with Crippen molar-refractivity contribution in [2.45, 2.75) is 25.5 Å². The summed E-state index contributed by atoms with van der Waals surface area (Å²) in [5.41, 5.74) is 1.97. The monoisotopic (exact) mass is 261 g/mol. The highest BCUT2D eigenvalue weighted by Gasteiger charge is 2.24. The molecule has 1 aliphatic heterocycles. The maximum atomic E-state index is 9.84. The Morgan fingerprint density at radius 1 is 1.42 bits per heavy atom. The number of anilines is 1. The Balaban J connectivity index is 1.87. The zero-order valence-electron chi connectivity index (χ0n) is 11.2. The van der Waals surface area contributed by atoms with Gasteiger partial charge in [0.2, 0.25) is 0 Å². The molecule has 6 heteroatoms. The molecule has 3 heterocycles. The van der Waals surface area contributed by atoms with E-state index in [4.69, 9.17) is 0 Å². The number of aliphatic hydroxyl groups is 1. The van der Waals surface area contributed by atoms with Gasteiger partial charge in [-0.05, 0) is 26.0 Å². The SMILES string of the molecule is Cc1c[nH]c2ncnc(N[C@@H]3C[C@H](O)CN(C)C3)c12. The summed E-state index contributed by atoms with van der Waals surface area (Å²) in [5.74, 6) is 0.844. The number of hydrogen-bond acceptors (Lipinski definition) is 5. The number of rotatable bonds is 2. The van der Waals surface area contributed by atoms with Crippen molar-refractivity contribution >= 4 is 16.9 Å². The highest BCUT2D eigenvalue weighted by molar-refractivity contribution is 5.90. The van der Waals surface area contributed by atoms with Gasteiger partial charge >= 0.3 is 0 Å². The van der Waals surface area contributed by atoms with Gasteiger partial charge in [0.05, 0.1) is 11.5 Å². The fourth-order valence-electron chi connectivity index (χ4n) is 2.81. The molecule has 0 bridgehead atoms. The van der Waals surface area contributed by atoms with Crippen molar-refractivity contribution in [1.82, 2.24) is 19.9 Å². The number of nitrogens with one attached hydrogen (secondary N) is 2. The number of likely N-dealkylation sites (N-methyl/N-ethyl adjacent to an activating group) is 1. The minimum atomic E-state index is -0.277. The van der Waals surface area contributed by atoms with Crippen molar-refractivity contribution in [3.05, 3.63) is 18.1 Å². The van der Waals surface area contributed by atoms with Gasteiger partial charge in [0, 0.05) is 25.3 Å². The van der Waals surface area contributed by atoms with Crippen LogP contribution in [-0.4, -0.2) is 57.2 Å². The highest BCUT2D eigenvalue weighted by atomic mass is 16.3. The van der Waals surface area contributed by atoms with Gasteiger partial charge in [-0.25, -0.2) is 9.97 Å². The molecule has 0 spiro atoms. The standard InChI is InChI=1S/C13H19N5O/c1-8-4-14-12-11(8)13(16-7-15-12)17-9-3-10(19)6-18(2)5-9/h4,7,9-10,19H,3,5-6H2,1-2H3,(H2,14,15,16,17)/t9-,10+/m1/s1. The van der Waals surface area contributed by atoms with E-state index in [0.717, 1.165) is 41.9 Å². The molecule has 2 atom stereocenters. The lowest BCUT2D eigenvalue weighted by molar-refractivity contribution is 0.0779. The molecule has 102 valence electrons. The van der Waals surface area contributed by atoms with E-state index in [1.807, 2.05) is 20.2 Å². The highest BCUT2D eigenvalue weighted by Crippen LogP contribution is 2.24. The molecular formula is C13H19N5O. The molecule has 0 unspecified atom stereocenters. The van der Waals surface area contributed by atoms with Crippen molar-refractivity contribution in [3.63, 3.8) is 0 Å². The van der Waals surface area contributed by atoms with Gasteiger partial charge in [-0.3, -0.25) is 0 Å². The Labute approximate surface area is 111 Å². The minimum Gasteiger partial charge on any atom is -0.392 e. The van der Waals surface area contributed by atoms with Crippen LogP contribution in [0, 0.1) is 6.92 Å². The van der Waals surface area contributed by atoms with Gasteiger partial charge in [-0.2, -0.15) is 0 Å². The predicted octanol–water partition coefficient (Wildman–Crippen LogP) is 0.743. The fourth-order valence-corrected chi connectivity index (χ4v) is 2.81. The molecule has 0 aliphatic carbocycles. The van der Waals surface area contributed by atoms with E-state index in [-0.39, 0.29) is 12.1 Å². The number of aryl methyl sites for hydroxylation is 1. The van der Waals surface area contributed by atoms with Crippen LogP contribution in [0.15, 0.2) is 12.5 Å². The Morgan fingerprint density at radius 3 is 3.05 bits per heavy atom. The van der Waals surface area contributed by atoms with Gasteiger partial charge in [0.25, 0.3) is 0 Å². The molecule has 0 amide bonds. The molecule has 2 aromatic rings. The van der Waals surface area contributed by atoms with E-state index in [2.05, 4.69) is 25.2 Å². The Bertz CT molecular complexity index is 571. The zero-order valence-corrected chi connectivity index (χ0v) is 11.2. The molecule has 0 saturated carbocycles. The van der Waals surface area contributed by atoms with Crippen molar-refractivity contribution in [2.24, 2.45) is 0 Å². The van der Waals surface area contributed by atoms with Crippen LogP contribution >= 0.6 is 0 Å². The average Bonchev–Trinajstić information content (AvgIpc) is 2.71. The molecule has 3 rings (SSSR count). The van der Waals surface area contributed by atoms with Gasteiger partial charge in [-0.1, -0.05) is 0 Å². The summed E-state index contributed by atoms with van der Waals surface area (Å²) in [4.78, 5) is 13.8. The van der Waals surface area contributed by atoms with Crippen LogP contribution in [0.25, 0.3) is 11.0 Å². The molecule has 3 N–H and O–H groups in total. The van der Waals surface area contributed by atoms with E-state index < -0.39 is 0 Å². The summed E-state index contributed by atoms with van der Waals surface area (Å²) in [5, 5.41) is 14.3. The van der Waals surface area contributed by atoms with Crippen LogP contribution in [0.2, 0.25) is 0 Å². The van der Waals surface area contributed by atoms with Crippen molar-refractivity contribution in [3.8, 4) is 0 Å². The molecule has 6 nitrogen and oxygen atoms in total. The summed E-state index contributed by atoms with van der Waals surface area (Å²) in [6, 6.07) is 0.209. The lowest BCUT2D eigenvalue weighted by atomic mass is 10.0. The lowest BCUT2D eigenvalue weighted by Crippen LogP contribution is -2.46. The first-order valence-electron chi connectivity index (χ1n) is 6.55. The average molecular weight is 261 g/mol. The van der Waals surface area contributed by atoms with Gasteiger partial charge in [0.1, 0.15) is 17.8 Å². The summed E-state index contributed by atoms with van der Waals surface area (Å²) in [6.07, 6.45) is 3.97. The Hall–Kier alpha value is -1.66. The Kier molecular flexibility index (Phi) is 3.12. The second-order valence-electron chi connectivity index (χ2n) is 5.37. The number of hydrogen-bond donors (Lipinski definition) is 3. The maximum absolute atomic E-state index is 9.84.